The Hall–Kier alpha value is -3.13. The van der Waals surface area contributed by atoms with Crippen LogP contribution in [0.1, 0.15) is 42.0 Å². The Morgan fingerprint density at radius 2 is 1.07 bits per heavy atom. The second-order valence-electron chi connectivity index (χ2n) is 7.18. The largest absolute Gasteiger partial charge is 0.253 e. The van der Waals surface area contributed by atoms with Crippen molar-refractivity contribution in [2.24, 2.45) is 0 Å². The highest BCUT2D eigenvalue weighted by atomic mass is 15.3. The summed E-state index contributed by atoms with van der Waals surface area (Å²) in [6.45, 7) is 4.41. The summed E-state index contributed by atoms with van der Waals surface area (Å²) in [6.07, 6.45) is 4.19. The molecule has 4 rings (SSSR count). The van der Waals surface area contributed by atoms with Crippen molar-refractivity contribution in [2.45, 2.75) is 25.3 Å². The summed E-state index contributed by atoms with van der Waals surface area (Å²) in [7, 11) is 0. The van der Waals surface area contributed by atoms with Crippen molar-refractivity contribution in [3.05, 3.63) is 126 Å². The van der Waals surface area contributed by atoms with E-state index < -0.39 is 5.54 Å². The second-order valence-corrected chi connectivity index (χ2v) is 7.18. The Morgan fingerprint density at radius 1 is 0.667 bits per heavy atom. The van der Waals surface area contributed by atoms with Gasteiger partial charge in [0.25, 0.3) is 0 Å². The van der Waals surface area contributed by atoms with Crippen LogP contribution in [0.25, 0.3) is 0 Å². The SMILES string of the molecule is CC(C)c1cnn(C(c2ccccc2)(c2ccccc2)c2ccccc2)c1. The predicted octanol–water partition coefficient (Wildman–Crippen LogP) is 5.85. The third-order valence-electron chi connectivity index (χ3n) is 5.19. The fraction of sp³-hybridized carbons (Fsp3) is 0.160. The van der Waals surface area contributed by atoms with E-state index in [-0.39, 0.29) is 0 Å². The maximum Gasteiger partial charge on any atom is 0.137 e. The highest BCUT2D eigenvalue weighted by molar-refractivity contribution is 5.50. The summed E-state index contributed by atoms with van der Waals surface area (Å²) in [5.74, 6) is 0.429. The second kappa shape index (κ2) is 7.24. The number of aromatic nitrogens is 2. The van der Waals surface area contributed by atoms with E-state index in [4.69, 9.17) is 5.10 Å². The molecule has 2 nitrogen and oxygen atoms in total. The number of hydrogen-bond acceptors (Lipinski definition) is 1. The molecule has 3 aromatic carbocycles. The summed E-state index contributed by atoms with van der Waals surface area (Å²) in [5.41, 5.74) is 4.31. The summed E-state index contributed by atoms with van der Waals surface area (Å²) in [6, 6.07) is 31.9. The molecule has 1 heterocycles. The van der Waals surface area contributed by atoms with Gasteiger partial charge in [0.05, 0.1) is 6.20 Å². The van der Waals surface area contributed by atoms with Gasteiger partial charge in [0.1, 0.15) is 5.54 Å². The van der Waals surface area contributed by atoms with Gasteiger partial charge in [-0.05, 0) is 28.2 Å². The standard InChI is InChI=1S/C25H24N2/c1-20(2)21-18-26-27(19-21)25(22-12-6-3-7-13-22,23-14-8-4-9-15-23)24-16-10-5-11-17-24/h3-20H,1-2H3. The van der Waals surface area contributed by atoms with Crippen LogP contribution >= 0.6 is 0 Å². The number of benzene rings is 3. The van der Waals surface area contributed by atoms with E-state index >= 15 is 0 Å². The molecule has 0 aliphatic heterocycles. The Bertz CT molecular complexity index is 890. The molecule has 0 atom stereocenters. The third-order valence-corrected chi connectivity index (χ3v) is 5.19. The molecule has 27 heavy (non-hydrogen) atoms. The minimum Gasteiger partial charge on any atom is -0.253 e. The number of rotatable bonds is 5. The lowest BCUT2D eigenvalue weighted by atomic mass is 9.77. The molecule has 0 radical (unpaired) electrons. The quantitative estimate of drug-likeness (QED) is 0.412. The van der Waals surface area contributed by atoms with Crippen molar-refractivity contribution >= 4 is 0 Å². The molecule has 2 heteroatoms. The summed E-state index contributed by atoms with van der Waals surface area (Å²) < 4.78 is 2.13. The molecule has 0 saturated carbocycles. The zero-order valence-corrected chi connectivity index (χ0v) is 15.8. The van der Waals surface area contributed by atoms with Gasteiger partial charge in [0.2, 0.25) is 0 Å². The maximum atomic E-state index is 4.86. The molecule has 0 aliphatic carbocycles. The molecule has 0 spiro atoms. The van der Waals surface area contributed by atoms with Crippen LogP contribution in [-0.2, 0) is 5.54 Å². The van der Waals surface area contributed by atoms with Crippen molar-refractivity contribution in [1.29, 1.82) is 0 Å². The molecule has 0 N–H and O–H groups in total. The molecule has 0 amide bonds. The van der Waals surface area contributed by atoms with Crippen LogP contribution in [-0.4, -0.2) is 9.78 Å². The molecule has 4 aromatic rings. The Kier molecular flexibility index (Phi) is 4.64. The lowest BCUT2D eigenvalue weighted by Crippen LogP contribution is -2.38. The van der Waals surface area contributed by atoms with Crippen LogP contribution < -0.4 is 0 Å². The first-order valence-corrected chi connectivity index (χ1v) is 9.44. The Morgan fingerprint density at radius 3 is 1.41 bits per heavy atom. The third kappa shape index (κ3) is 2.97. The fourth-order valence-corrected chi connectivity index (χ4v) is 3.75. The van der Waals surface area contributed by atoms with Crippen LogP contribution in [0.3, 0.4) is 0 Å². The van der Waals surface area contributed by atoms with Gasteiger partial charge < -0.3 is 0 Å². The van der Waals surface area contributed by atoms with Gasteiger partial charge in [-0.3, -0.25) is 4.68 Å². The van der Waals surface area contributed by atoms with Crippen LogP contribution in [0.5, 0.6) is 0 Å². The van der Waals surface area contributed by atoms with E-state index in [9.17, 15) is 0 Å². The first-order valence-electron chi connectivity index (χ1n) is 9.44. The molecular weight excluding hydrogens is 328 g/mol. The smallest absolute Gasteiger partial charge is 0.137 e. The summed E-state index contributed by atoms with van der Waals surface area (Å²) >= 11 is 0. The van der Waals surface area contributed by atoms with Gasteiger partial charge >= 0.3 is 0 Å². The first-order chi connectivity index (χ1) is 13.2. The van der Waals surface area contributed by atoms with Crippen molar-refractivity contribution < 1.29 is 0 Å². The molecule has 0 unspecified atom stereocenters. The summed E-state index contributed by atoms with van der Waals surface area (Å²) in [5, 5.41) is 4.86. The first kappa shape index (κ1) is 17.3. The maximum absolute atomic E-state index is 4.86. The van der Waals surface area contributed by atoms with E-state index in [1.54, 1.807) is 0 Å². The van der Waals surface area contributed by atoms with Crippen molar-refractivity contribution in [1.82, 2.24) is 9.78 Å². The van der Waals surface area contributed by atoms with E-state index in [0.29, 0.717) is 5.92 Å². The highest BCUT2D eigenvalue weighted by Crippen LogP contribution is 2.40. The Balaban J connectivity index is 2.09. The van der Waals surface area contributed by atoms with Gasteiger partial charge in [0.15, 0.2) is 0 Å². The molecule has 0 saturated heterocycles. The topological polar surface area (TPSA) is 17.8 Å². The predicted molar refractivity (Wildman–Crippen MR) is 111 cm³/mol. The van der Waals surface area contributed by atoms with Crippen LogP contribution in [0.2, 0.25) is 0 Å². The molecule has 0 aliphatic rings. The minimum absolute atomic E-state index is 0.429. The van der Waals surface area contributed by atoms with Crippen molar-refractivity contribution in [3.8, 4) is 0 Å². The zero-order chi connectivity index (χ0) is 18.7. The number of hydrogen-bond donors (Lipinski definition) is 0. The van der Waals surface area contributed by atoms with Crippen molar-refractivity contribution in [3.63, 3.8) is 0 Å². The molecule has 0 fully saturated rings. The fourth-order valence-electron chi connectivity index (χ4n) is 3.75. The van der Waals surface area contributed by atoms with E-state index in [1.165, 1.54) is 22.3 Å². The lowest BCUT2D eigenvalue weighted by molar-refractivity contribution is 0.459. The monoisotopic (exact) mass is 352 g/mol. The van der Waals surface area contributed by atoms with Crippen LogP contribution in [0, 0.1) is 0 Å². The van der Waals surface area contributed by atoms with E-state index in [0.717, 1.165) is 0 Å². The average Bonchev–Trinajstić information content (AvgIpc) is 3.22. The molecule has 134 valence electrons. The lowest BCUT2D eigenvalue weighted by Gasteiger charge is -2.36. The summed E-state index contributed by atoms with van der Waals surface area (Å²) in [4.78, 5) is 0. The molecule has 0 bridgehead atoms. The van der Waals surface area contributed by atoms with E-state index in [1.807, 2.05) is 6.20 Å². The van der Waals surface area contributed by atoms with Crippen molar-refractivity contribution in [2.75, 3.05) is 0 Å². The number of nitrogens with zero attached hydrogens (tertiary/aromatic N) is 2. The normalized spacial score (nSPS) is 11.7. The minimum atomic E-state index is -0.517. The van der Waals surface area contributed by atoms with Gasteiger partial charge in [-0.2, -0.15) is 5.10 Å². The average molecular weight is 352 g/mol. The van der Waals surface area contributed by atoms with Gasteiger partial charge in [-0.15, -0.1) is 0 Å². The Labute approximate surface area is 161 Å². The van der Waals surface area contributed by atoms with Gasteiger partial charge in [-0.25, -0.2) is 0 Å². The van der Waals surface area contributed by atoms with E-state index in [2.05, 4.69) is 116 Å². The zero-order valence-electron chi connectivity index (χ0n) is 15.8. The molecular formula is C25H24N2. The van der Waals surface area contributed by atoms with Gasteiger partial charge in [-0.1, -0.05) is 105 Å². The highest BCUT2D eigenvalue weighted by Gasteiger charge is 2.39. The molecule has 1 aromatic heterocycles. The van der Waals surface area contributed by atoms with Crippen LogP contribution in [0.4, 0.5) is 0 Å². The van der Waals surface area contributed by atoms with Gasteiger partial charge in [0, 0.05) is 6.20 Å². The van der Waals surface area contributed by atoms with Crippen LogP contribution in [0.15, 0.2) is 103 Å².